The van der Waals surface area contributed by atoms with E-state index in [4.69, 9.17) is 23.2 Å². The van der Waals surface area contributed by atoms with Crippen molar-refractivity contribution < 1.29 is 14.4 Å². The summed E-state index contributed by atoms with van der Waals surface area (Å²) in [5.74, 6) is -1.07. The minimum Gasteiger partial charge on any atom is -0.506 e. The van der Waals surface area contributed by atoms with Crippen LogP contribution in [0.25, 0.3) is 0 Å². The number of rotatable bonds is 4. The van der Waals surface area contributed by atoms with Crippen molar-refractivity contribution in [2.75, 3.05) is 5.32 Å². The highest BCUT2D eigenvalue weighted by Gasteiger charge is 2.14. The number of hydrogen-bond acceptors (Lipinski definition) is 4. The Morgan fingerprint density at radius 2 is 2.00 bits per heavy atom. The van der Waals surface area contributed by atoms with Gasteiger partial charge < -0.3 is 10.4 Å². The Morgan fingerprint density at radius 1 is 1.29 bits per heavy atom. The van der Waals surface area contributed by atoms with Crippen LogP contribution < -0.4 is 5.32 Å². The summed E-state index contributed by atoms with van der Waals surface area (Å²) in [7, 11) is 0. The third-order valence-corrected chi connectivity index (χ3v) is 3.24. The van der Waals surface area contributed by atoms with Gasteiger partial charge in [0.1, 0.15) is 5.75 Å². The molecule has 0 atom stereocenters. The largest absolute Gasteiger partial charge is 0.506 e. The van der Waals surface area contributed by atoms with Crippen molar-refractivity contribution in [2.45, 2.75) is 6.54 Å². The molecule has 0 fully saturated rings. The number of anilines is 1. The first kappa shape index (κ1) is 15.3. The van der Waals surface area contributed by atoms with E-state index in [1.807, 2.05) is 0 Å². The Balaban J connectivity index is 2.17. The molecule has 0 amide bonds. The van der Waals surface area contributed by atoms with E-state index < -0.39 is 16.4 Å². The number of benzene rings is 2. The first-order valence-electron chi connectivity index (χ1n) is 5.73. The number of phenolic OH excluding ortho intramolecular Hbond substituents is 1. The lowest BCUT2D eigenvalue weighted by Gasteiger charge is -2.10. The maximum atomic E-state index is 13.5. The van der Waals surface area contributed by atoms with Gasteiger partial charge >= 0.3 is 5.69 Å². The summed E-state index contributed by atoms with van der Waals surface area (Å²) in [5.41, 5.74) is 0.147. The van der Waals surface area contributed by atoms with E-state index >= 15 is 0 Å². The lowest BCUT2D eigenvalue weighted by molar-refractivity contribution is -0.387. The Morgan fingerprint density at radius 3 is 2.62 bits per heavy atom. The van der Waals surface area contributed by atoms with Gasteiger partial charge in [0.15, 0.2) is 0 Å². The van der Waals surface area contributed by atoms with Crippen LogP contribution in [0.3, 0.4) is 0 Å². The summed E-state index contributed by atoms with van der Waals surface area (Å²) >= 11 is 11.6. The molecule has 2 N–H and O–H groups in total. The monoisotopic (exact) mass is 330 g/mol. The van der Waals surface area contributed by atoms with Crippen molar-refractivity contribution in [2.24, 2.45) is 0 Å². The van der Waals surface area contributed by atoms with E-state index in [-0.39, 0.29) is 17.3 Å². The highest BCUT2D eigenvalue weighted by molar-refractivity contribution is 6.35. The minimum atomic E-state index is -0.946. The second kappa shape index (κ2) is 6.15. The second-order valence-electron chi connectivity index (χ2n) is 4.17. The zero-order valence-electron chi connectivity index (χ0n) is 10.4. The number of aromatic hydroxyl groups is 1. The molecule has 110 valence electrons. The molecule has 0 aliphatic rings. The first-order chi connectivity index (χ1) is 9.88. The summed E-state index contributed by atoms with van der Waals surface area (Å²) in [6.45, 7) is 0.128. The molecule has 21 heavy (non-hydrogen) atoms. The van der Waals surface area contributed by atoms with Crippen molar-refractivity contribution in [1.82, 2.24) is 0 Å². The second-order valence-corrected chi connectivity index (χ2v) is 5.02. The molecule has 8 heteroatoms. The summed E-state index contributed by atoms with van der Waals surface area (Å²) in [6, 6.07) is 6.33. The molecule has 0 unspecified atom stereocenters. The van der Waals surface area contributed by atoms with Gasteiger partial charge in [0.2, 0.25) is 5.82 Å². The Labute approximate surface area is 129 Å². The van der Waals surface area contributed by atoms with Crippen LogP contribution in [0.4, 0.5) is 15.8 Å². The van der Waals surface area contributed by atoms with Crippen molar-refractivity contribution in [1.29, 1.82) is 0 Å². The van der Waals surface area contributed by atoms with E-state index in [1.165, 1.54) is 18.2 Å². The number of halogens is 3. The molecule has 2 rings (SSSR count). The predicted molar refractivity (Wildman–Crippen MR) is 78.5 cm³/mol. The van der Waals surface area contributed by atoms with Crippen molar-refractivity contribution in [3.05, 3.63) is 61.9 Å². The average Bonchev–Trinajstić information content (AvgIpc) is 2.40. The summed E-state index contributed by atoms with van der Waals surface area (Å²) in [6.07, 6.45) is 0. The van der Waals surface area contributed by atoms with Gasteiger partial charge in [-0.15, -0.1) is 0 Å². The third kappa shape index (κ3) is 3.53. The molecule has 0 aromatic heterocycles. The zero-order chi connectivity index (χ0) is 15.6. The number of nitrogens with one attached hydrogen (secondary N) is 1. The molecule has 0 heterocycles. The topological polar surface area (TPSA) is 75.4 Å². The van der Waals surface area contributed by atoms with Gasteiger partial charge in [-0.1, -0.05) is 23.2 Å². The Bertz CT molecular complexity index is 710. The van der Waals surface area contributed by atoms with E-state index in [0.29, 0.717) is 16.3 Å². The molecular formula is C13H9Cl2FN2O3. The first-order valence-corrected chi connectivity index (χ1v) is 6.49. The lowest BCUT2D eigenvalue weighted by Crippen LogP contribution is -2.01. The van der Waals surface area contributed by atoms with Crippen LogP contribution in [0.2, 0.25) is 10.0 Å². The molecule has 2 aromatic carbocycles. The van der Waals surface area contributed by atoms with Gasteiger partial charge in [0, 0.05) is 35.0 Å². The number of phenols is 1. The van der Waals surface area contributed by atoms with E-state index in [9.17, 15) is 19.6 Å². The third-order valence-electron chi connectivity index (χ3n) is 2.73. The van der Waals surface area contributed by atoms with E-state index in [1.54, 1.807) is 0 Å². The van der Waals surface area contributed by atoms with Crippen LogP contribution in [0.5, 0.6) is 5.75 Å². The fourth-order valence-corrected chi connectivity index (χ4v) is 2.25. The van der Waals surface area contributed by atoms with Crippen molar-refractivity contribution >= 4 is 34.6 Å². The molecule has 5 nitrogen and oxygen atoms in total. The number of nitrogens with zero attached hydrogens (tertiary/aromatic N) is 1. The Hall–Kier alpha value is -2.05. The summed E-state index contributed by atoms with van der Waals surface area (Å²) in [4.78, 5) is 9.71. The molecule has 0 aliphatic heterocycles. The number of nitro groups is 1. The molecule has 0 bridgehead atoms. The minimum absolute atomic E-state index is 0.106. The Kier molecular flexibility index (Phi) is 4.50. The molecule has 0 spiro atoms. The average molecular weight is 331 g/mol. The summed E-state index contributed by atoms with van der Waals surface area (Å²) < 4.78 is 13.5. The van der Waals surface area contributed by atoms with Crippen LogP contribution in [0.1, 0.15) is 5.56 Å². The van der Waals surface area contributed by atoms with E-state index in [2.05, 4.69) is 5.32 Å². The van der Waals surface area contributed by atoms with Gasteiger partial charge in [0.05, 0.1) is 9.95 Å². The fraction of sp³-hybridized carbons (Fsp3) is 0.0769. The normalized spacial score (nSPS) is 10.4. The van der Waals surface area contributed by atoms with Crippen LogP contribution in [0, 0.1) is 15.9 Å². The van der Waals surface area contributed by atoms with Gasteiger partial charge in [-0.25, -0.2) is 0 Å². The maximum Gasteiger partial charge on any atom is 0.304 e. The maximum absolute atomic E-state index is 13.5. The highest BCUT2D eigenvalue weighted by Crippen LogP contribution is 2.31. The van der Waals surface area contributed by atoms with Gasteiger partial charge in [0.25, 0.3) is 0 Å². The fourth-order valence-electron chi connectivity index (χ4n) is 1.72. The van der Waals surface area contributed by atoms with Crippen LogP contribution in [-0.2, 0) is 6.54 Å². The molecule has 0 saturated heterocycles. The standard InChI is InChI=1S/C13H9Cl2FN2O3/c14-8-3-7(13(19)10(15)4-8)6-17-9-1-2-12(18(20)21)11(16)5-9/h1-5,17,19H,6H2. The van der Waals surface area contributed by atoms with Crippen LogP contribution in [-0.4, -0.2) is 10.0 Å². The quantitative estimate of drug-likeness (QED) is 0.645. The van der Waals surface area contributed by atoms with Crippen molar-refractivity contribution in [3.8, 4) is 5.75 Å². The van der Waals surface area contributed by atoms with Gasteiger partial charge in [-0.3, -0.25) is 10.1 Å². The lowest BCUT2D eigenvalue weighted by atomic mass is 10.2. The number of hydrogen-bond donors (Lipinski definition) is 2. The molecule has 2 aromatic rings. The highest BCUT2D eigenvalue weighted by atomic mass is 35.5. The molecule has 0 aliphatic carbocycles. The summed E-state index contributed by atoms with van der Waals surface area (Å²) in [5, 5.41) is 23.6. The molecule has 0 saturated carbocycles. The van der Waals surface area contributed by atoms with Gasteiger partial charge in [-0.2, -0.15) is 4.39 Å². The van der Waals surface area contributed by atoms with E-state index in [0.717, 1.165) is 12.1 Å². The molecule has 0 radical (unpaired) electrons. The van der Waals surface area contributed by atoms with Crippen LogP contribution >= 0.6 is 23.2 Å². The molecular weight excluding hydrogens is 322 g/mol. The van der Waals surface area contributed by atoms with Crippen LogP contribution in [0.15, 0.2) is 30.3 Å². The van der Waals surface area contributed by atoms with Crippen molar-refractivity contribution in [3.63, 3.8) is 0 Å². The smallest absolute Gasteiger partial charge is 0.304 e. The SMILES string of the molecule is O=[N+]([O-])c1ccc(NCc2cc(Cl)cc(Cl)c2O)cc1F. The predicted octanol–water partition coefficient (Wildman–Crippen LogP) is 4.36. The zero-order valence-corrected chi connectivity index (χ0v) is 12.0. The number of nitro benzene ring substituents is 1. The van der Waals surface area contributed by atoms with Gasteiger partial charge in [-0.05, 0) is 18.2 Å².